The van der Waals surface area contributed by atoms with Crippen LogP contribution < -0.4 is 10.6 Å². The number of amides is 1. The molecule has 1 aliphatic heterocycles. The van der Waals surface area contributed by atoms with Crippen molar-refractivity contribution >= 4 is 23.2 Å². The average Bonchev–Trinajstić information content (AvgIpc) is 2.75. The standard InChI is InChI=1S/C21H18ClF4N5O/c22-19-28-8-12(9-29-19)18(32)31-16-11-27-6-3-15(16)21(17(24)7-14(23)10-30-21)13-1-4-20(25,26)5-2-13/h3,6-11,13,30H,1-2,4-5H2,(H,31,32). The van der Waals surface area contributed by atoms with Crippen LogP contribution in [-0.2, 0) is 5.54 Å². The molecule has 1 unspecified atom stereocenters. The maximum absolute atomic E-state index is 15.5. The minimum Gasteiger partial charge on any atom is -0.373 e. The minimum absolute atomic E-state index is 0.00253. The van der Waals surface area contributed by atoms with E-state index >= 15 is 4.39 Å². The van der Waals surface area contributed by atoms with E-state index in [1.165, 1.54) is 30.9 Å². The molecule has 0 saturated heterocycles. The Morgan fingerprint density at radius 2 is 1.84 bits per heavy atom. The summed E-state index contributed by atoms with van der Waals surface area (Å²) in [6, 6.07) is 1.47. The molecule has 2 aliphatic rings. The first-order valence-electron chi connectivity index (χ1n) is 9.83. The number of nitrogens with zero attached hydrogens (tertiary/aromatic N) is 3. The highest BCUT2D eigenvalue weighted by atomic mass is 35.5. The first kappa shape index (κ1) is 22.2. The normalized spacial score (nSPS) is 23.0. The molecule has 2 aromatic heterocycles. The van der Waals surface area contributed by atoms with E-state index in [0.29, 0.717) is 0 Å². The molecule has 1 aliphatic carbocycles. The van der Waals surface area contributed by atoms with Gasteiger partial charge >= 0.3 is 0 Å². The summed E-state index contributed by atoms with van der Waals surface area (Å²) in [5.41, 5.74) is -1.18. The average molecular weight is 468 g/mol. The number of anilines is 1. The number of aromatic nitrogens is 3. The third-order valence-corrected chi connectivity index (χ3v) is 5.98. The lowest BCUT2D eigenvalue weighted by atomic mass is 9.68. The monoisotopic (exact) mass is 467 g/mol. The number of hydrogen-bond acceptors (Lipinski definition) is 5. The van der Waals surface area contributed by atoms with E-state index in [0.717, 1.165) is 12.3 Å². The molecule has 4 rings (SSSR count). The molecule has 1 amide bonds. The number of rotatable bonds is 4. The van der Waals surface area contributed by atoms with E-state index < -0.39 is 47.8 Å². The van der Waals surface area contributed by atoms with Crippen molar-refractivity contribution in [2.45, 2.75) is 37.1 Å². The lowest BCUT2D eigenvalue weighted by Gasteiger charge is -2.45. The first-order chi connectivity index (χ1) is 15.2. The largest absolute Gasteiger partial charge is 0.373 e. The fraction of sp³-hybridized carbons (Fsp3) is 0.333. The van der Waals surface area contributed by atoms with Crippen molar-refractivity contribution in [3.8, 4) is 0 Å². The number of hydrogen-bond donors (Lipinski definition) is 2. The van der Waals surface area contributed by atoms with E-state index in [9.17, 15) is 18.0 Å². The second-order valence-electron chi connectivity index (χ2n) is 7.72. The van der Waals surface area contributed by atoms with Crippen molar-refractivity contribution in [1.29, 1.82) is 0 Å². The maximum atomic E-state index is 15.5. The van der Waals surface area contributed by atoms with Gasteiger partial charge in [0, 0.05) is 49.3 Å². The first-order valence-corrected chi connectivity index (χ1v) is 10.2. The third kappa shape index (κ3) is 4.19. The third-order valence-electron chi connectivity index (χ3n) is 5.79. The Morgan fingerprint density at radius 3 is 2.50 bits per heavy atom. The predicted octanol–water partition coefficient (Wildman–Crippen LogP) is 5.07. The van der Waals surface area contributed by atoms with Crippen molar-refractivity contribution < 1.29 is 22.4 Å². The molecule has 6 nitrogen and oxygen atoms in total. The second-order valence-corrected chi connectivity index (χ2v) is 8.06. The number of carbonyl (C=O) groups excluding carboxylic acids is 1. The maximum Gasteiger partial charge on any atom is 0.258 e. The summed E-state index contributed by atoms with van der Waals surface area (Å²) >= 11 is 5.65. The molecule has 1 fully saturated rings. The molecule has 1 saturated carbocycles. The van der Waals surface area contributed by atoms with Crippen LogP contribution in [0.5, 0.6) is 0 Å². The molecule has 11 heteroatoms. The molecule has 2 N–H and O–H groups in total. The van der Waals surface area contributed by atoms with Crippen LogP contribution in [0.2, 0.25) is 5.28 Å². The molecule has 0 aromatic carbocycles. The molecule has 1 atom stereocenters. The zero-order valence-corrected chi connectivity index (χ0v) is 17.3. The van der Waals surface area contributed by atoms with Gasteiger partial charge in [0.15, 0.2) is 0 Å². The molecule has 0 spiro atoms. The number of carbonyl (C=O) groups is 1. The summed E-state index contributed by atoms with van der Waals surface area (Å²) in [7, 11) is 0. The molecule has 32 heavy (non-hydrogen) atoms. The molecule has 168 valence electrons. The predicted molar refractivity (Wildman–Crippen MR) is 109 cm³/mol. The number of alkyl halides is 2. The highest BCUT2D eigenvalue weighted by molar-refractivity contribution is 6.28. The van der Waals surface area contributed by atoms with E-state index in [1.807, 2.05) is 0 Å². The van der Waals surface area contributed by atoms with Crippen molar-refractivity contribution in [3.05, 3.63) is 71.2 Å². The second kappa shape index (κ2) is 8.50. The van der Waals surface area contributed by atoms with Crippen LogP contribution in [0.4, 0.5) is 23.2 Å². The Bertz CT molecular complexity index is 1080. The van der Waals surface area contributed by atoms with E-state index in [-0.39, 0.29) is 34.9 Å². The molecule has 0 radical (unpaired) electrons. The number of pyridine rings is 1. The number of allylic oxidation sites excluding steroid dienone is 2. The Morgan fingerprint density at radius 1 is 1.16 bits per heavy atom. The lowest BCUT2D eigenvalue weighted by molar-refractivity contribution is -0.0561. The number of dihydropyridines is 1. The smallest absolute Gasteiger partial charge is 0.258 e. The number of halogens is 5. The van der Waals surface area contributed by atoms with Crippen molar-refractivity contribution in [2.24, 2.45) is 5.92 Å². The minimum atomic E-state index is -2.84. The summed E-state index contributed by atoms with van der Waals surface area (Å²) < 4.78 is 56.9. The van der Waals surface area contributed by atoms with E-state index in [4.69, 9.17) is 11.6 Å². The highest BCUT2D eigenvalue weighted by Crippen LogP contribution is 2.50. The van der Waals surface area contributed by atoms with Crippen LogP contribution in [0.25, 0.3) is 0 Å². The van der Waals surface area contributed by atoms with E-state index in [1.54, 1.807) is 0 Å². The van der Waals surface area contributed by atoms with Crippen LogP contribution in [0.3, 0.4) is 0 Å². The van der Waals surface area contributed by atoms with Crippen molar-refractivity contribution in [3.63, 3.8) is 0 Å². The number of nitrogens with one attached hydrogen (secondary N) is 2. The summed E-state index contributed by atoms with van der Waals surface area (Å²) in [6.45, 7) is 0. The van der Waals surface area contributed by atoms with Gasteiger partial charge in [-0.2, -0.15) is 0 Å². The van der Waals surface area contributed by atoms with Gasteiger partial charge in [0.1, 0.15) is 17.2 Å². The fourth-order valence-electron chi connectivity index (χ4n) is 4.20. The fourth-order valence-corrected chi connectivity index (χ4v) is 4.30. The SMILES string of the molecule is O=C(Nc1cnccc1C1(C2CCC(F)(F)CC2)NC=C(F)C=C1F)c1cnc(Cl)nc1. The Balaban J connectivity index is 1.74. The zero-order valence-electron chi connectivity index (χ0n) is 16.6. The lowest BCUT2D eigenvalue weighted by Crippen LogP contribution is -2.50. The Kier molecular flexibility index (Phi) is 5.89. The van der Waals surface area contributed by atoms with Crippen LogP contribution in [-0.4, -0.2) is 26.8 Å². The van der Waals surface area contributed by atoms with E-state index in [2.05, 4.69) is 25.6 Å². The van der Waals surface area contributed by atoms with Gasteiger partial charge < -0.3 is 10.6 Å². The van der Waals surface area contributed by atoms with Gasteiger partial charge in [0.25, 0.3) is 5.91 Å². The molecular formula is C21H18ClF4N5O. The van der Waals surface area contributed by atoms with Gasteiger partial charge in [0.2, 0.25) is 11.2 Å². The van der Waals surface area contributed by atoms with Gasteiger partial charge in [0.05, 0.1) is 17.4 Å². The van der Waals surface area contributed by atoms with Gasteiger partial charge in [-0.25, -0.2) is 27.5 Å². The Labute approximate surface area is 185 Å². The van der Waals surface area contributed by atoms with Crippen LogP contribution in [0.1, 0.15) is 41.6 Å². The quantitative estimate of drug-likeness (QED) is 0.485. The molecule has 2 aromatic rings. The van der Waals surface area contributed by atoms with Crippen molar-refractivity contribution in [2.75, 3.05) is 5.32 Å². The summed E-state index contributed by atoms with van der Waals surface area (Å²) in [4.78, 5) is 24.2. The zero-order chi connectivity index (χ0) is 22.9. The van der Waals surface area contributed by atoms with Crippen LogP contribution >= 0.6 is 11.6 Å². The van der Waals surface area contributed by atoms with Crippen LogP contribution in [0.15, 0.2) is 54.8 Å². The molecular weight excluding hydrogens is 450 g/mol. The van der Waals surface area contributed by atoms with Gasteiger partial charge in [-0.15, -0.1) is 0 Å². The molecule has 3 heterocycles. The highest BCUT2D eigenvalue weighted by Gasteiger charge is 2.50. The summed E-state index contributed by atoms with van der Waals surface area (Å²) in [5.74, 6) is -5.78. The van der Waals surface area contributed by atoms with Gasteiger partial charge in [-0.3, -0.25) is 9.78 Å². The summed E-state index contributed by atoms with van der Waals surface area (Å²) in [5, 5.41) is 5.36. The van der Waals surface area contributed by atoms with Gasteiger partial charge in [-0.1, -0.05) is 0 Å². The Hall–Kier alpha value is -3.01. The summed E-state index contributed by atoms with van der Waals surface area (Å²) in [6.07, 6.45) is 6.01. The molecule has 0 bridgehead atoms. The van der Waals surface area contributed by atoms with Crippen LogP contribution in [0, 0.1) is 5.92 Å². The van der Waals surface area contributed by atoms with Gasteiger partial charge in [-0.05, 0) is 36.4 Å². The van der Waals surface area contributed by atoms with Crippen molar-refractivity contribution in [1.82, 2.24) is 20.3 Å². The topological polar surface area (TPSA) is 79.8 Å².